The van der Waals surface area contributed by atoms with Crippen LogP contribution in [0.3, 0.4) is 0 Å². The third kappa shape index (κ3) is 63.2. The van der Waals surface area contributed by atoms with E-state index in [0.717, 1.165) is 18.2 Å². The Morgan fingerprint density at radius 1 is 0.632 bits per heavy atom. The van der Waals surface area contributed by atoms with E-state index in [2.05, 4.69) is 0 Å². The van der Waals surface area contributed by atoms with Crippen molar-refractivity contribution in [1.29, 1.82) is 0 Å². The second-order valence-corrected chi connectivity index (χ2v) is 2.46. The number of allylic oxidation sites excluding steroid dienone is 3. The topological polar surface area (TPSA) is 120 Å². The Bertz CT molecular complexity index is 279. The zero-order valence-corrected chi connectivity index (χ0v) is 12.1. The van der Waals surface area contributed by atoms with E-state index >= 15 is 0 Å². The van der Waals surface area contributed by atoms with Crippen LogP contribution in [0.5, 0.6) is 0 Å². The van der Waals surface area contributed by atoms with E-state index in [0.29, 0.717) is 0 Å². The molecular formula is C12H15AlO6. The van der Waals surface area contributed by atoms with Gasteiger partial charge in [0.1, 0.15) is 0 Å². The van der Waals surface area contributed by atoms with E-state index in [-0.39, 0.29) is 17.4 Å². The first kappa shape index (κ1) is 25.9. The Kier molecular flexibility index (Phi) is 29.2. The fraction of sp³-hybridized carbons (Fsp3) is 0.250. The third-order valence-corrected chi connectivity index (χ3v) is 0.908. The summed E-state index contributed by atoms with van der Waals surface area (Å²) in [6, 6.07) is 0. The Balaban J connectivity index is -0.0000000865. The van der Waals surface area contributed by atoms with Gasteiger partial charge in [-0.1, -0.05) is 18.2 Å². The van der Waals surface area contributed by atoms with E-state index in [1.807, 2.05) is 0 Å². The Labute approximate surface area is 122 Å². The molecule has 0 amide bonds. The molecule has 0 bridgehead atoms. The number of carbonyl (C=O) groups is 3. The molecule has 7 heteroatoms. The fourth-order valence-corrected chi connectivity index (χ4v) is 0.408. The molecule has 0 fully saturated rings. The molecule has 0 aliphatic rings. The van der Waals surface area contributed by atoms with Crippen LogP contribution in [-0.2, 0) is 14.4 Å². The summed E-state index contributed by atoms with van der Waals surface area (Å²) in [5, 5.41) is 28.2. The number of carbonyl (C=O) groups excluding carboxylic acids is 3. The van der Waals surface area contributed by atoms with Gasteiger partial charge in [-0.25, -0.2) is 0 Å². The molecular weight excluding hydrogens is 267 g/mol. The summed E-state index contributed by atoms with van der Waals surface area (Å²) in [6.07, 6.45) is 7.15. The van der Waals surface area contributed by atoms with Crippen molar-refractivity contribution in [3.05, 3.63) is 36.5 Å². The molecule has 0 aromatic heterocycles. The van der Waals surface area contributed by atoms with Crippen molar-refractivity contribution in [3.63, 3.8) is 0 Å². The molecule has 0 atom stereocenters. The van der Waals surface area contributed by atoms with Crippen LogP contribution in [0.25, 0.3) is 0 Å². The summed E-state index contributed by atoms with van der Waals surface area (Å²) >= 11 is 0. The molecule has 102 valence electrons. The van der Waals surface area contributed by atoms with Crippen LogP contribution in [0.15, 0.2) is 36.5 Å². The van der Waals surface area contributed by atoms with Crippen molar-refractivity contribution in [1.82, 2.24) is 0 Å². The van der Waals surface area contributed by atoms with E-state index in [1.165, 1.54) is 18.2 Å². The van der Waals surface area contributed by atoms with Gasteiger partial charge in [0.25, 0.3) is 0 Å². The first-order chi connectivity index (χ1) is 8.31. The van der Waals surface area contributed by atoms with Crippen molar-refractivity contribution in [3.8, 4) is 0 Å². The number of aliphatic carboxylic acids is 3. The minimum absolute atomic E-state index is 0. The molecule has 0 spiro atoms. The van der Waals surface area contributed by atoms with Crippen LogP contribution in [0.1, 0.15) is 20.8 Å². The molecule has 0 unspecified atom stereocenters. The van der Waals surface area contributed by atoms with Gasteiger partial charge in [-0.15, -0.1) is 0 Å². The van der Waals surface area contributed by atoms with Crippen molar-refractivity contribution < 1.29 is 29.7 Å². The van der Waals surface area contributed by atoms with Crippen molar-refractivity contribution in [2.24, 2.45) is 0 Å². The molecule has 0 radical (unpaired) electrons. The Morgan fingerprint density at radius 2 is 0.789 bits per heavy atom. The minimum atomic E-state index is -1.14. The van der Waals surface area contributed by atoms with Crippen LogP contribution in [0, 0.1) is 0 Å². The maximum atomic E-state index is 9.40. The average Bonchev–Trinajstić information content (AvgIpc) is 2.18. The van der Waals surface area contributed by atoms with Crippen LogP contribution < -0.4 is 15.3 Å². The second kappa shape index (κ2) is 21.4. The molecule has 0 saturated carbocycles. The van der Waals surface area contributed by atoms with Gasteiger partial charge >= 0.3 is 17.4 Å². The molecule has 0 saturated heterocycles. The van der Waals surface area contributed by atoms with E-state index in [9.17, 15) is 29.7 Å². The Morgan fingerprint density at radius 3 is 0.789 bits per heavy atom. The molecule has 0 heterocycles. The van der Waals surface area contributed by atoms with E-state index in [1.54, 1.807) is 20.8 Å². The van der Waals surface area contributed by atoms with Gasteiger partial charge < -0.3 is 29.7 Å². The van der Waals surface area contributed by atoms with Gasteiger partial charge in [-0.3, -0.25) is 0 Å². The Hall–Kier alpha value is -1.84. The number of carboxylic acid groups (broad SMARTS) is 3. The van der Waals surface area contributed by atoms with Gasteiger partial charge in [0.05, 0.1) is 17.9 Å². The predicted octanol–water partition coefficient (Wildman–Crippen LogP) is -2.44. The minimum Gasteiger partial charge on any atom is -0.545 e. The summed E-state index contributed by atoms with van der Waals surface area (Å²) < 4.78 is 0. The summed E-state index contributed by atoms with van der Waals surface area (Å²) in [6.45, 7) is 4.86. The van der Waals surface area contributed by atoms with E-state index in [4.69, 9.17) is 0 Å². The molecule has 0 aromatic rings. The molecule has 0 aliphatic carbocycles. The number of hydrogen-bond acceptors (Lipinski definition) is 6. The van der Waals surface area contributed by atoms with Crippen molar-refractivity contribution >= 4 is 35.3 Å². The largest absolute Gasteiger partial charge is 3.00 e. The molecule has 0 aromatic carbocycles. The zero-order chi connectivity index (χ0) is 15.0. The van der Waals surface area contributed by atoms with Crippen LogP contribution in [-0.4, -0.2) is 35.3 Å². The van der Waals surface area contributed by atoms with Crippen LogP contribution in [0.2, 0.25) is 0 Å². The molecule has 6 nitrogen and oxygen atoms in total. The van der Waals surface area contributed by atoms with Gasteiger partial charge in [-0.05, 0) is 39.0 Å². The second-order valence-electron chi connectivity index (χ2n) is 2.46. The predicted molar refractivity (Wildman–Crippen MR) is 65.2 cm³/mol. The molecule has 0 rings (SSSR count). The van der Waals surface area contributed by atoms with Gasteiger partial charge in [0, 0.05) is 0 Å². The molecule has 0 aliphatic heterocycles. The monoisotopic (exact) mass is 282 g/mol. The van der Waals surface area contributed by atoms with Crippen molar-refractivity contribution in [2.75, 3.05) is 0 Å². The normalized spacial score (nSPS) is 9.00. The maximum Gasteiger partial charge on any atom is 3.00 e. The van der Waals surface area contributed by atoms with Gasteiger partial charge in [0.15, 0.2) is 0 Å². The molecule has 0 N–H and O–H groups in total. The summed E-state index contributed by atoms with van der Waals surface area (Å²) in [5.74, 6) is -3.42. The van der Waals surface area contributed by atoms with Gasteiger partial charge in [-0.2, -0.15) is 0 Å². The SMILES string of the molecule is CC=CC(=O)[O-].CC=CC(=O)[O-].CC=CC(=O)[O-].[Al+3]. The van der Waals surface area contributed by atoms with Crippen LogP contribution >= 0.6 is 0 Å². The van der Waals surface area contributed by atoms with E-state index < -0.39 is 17.9 Å². The zero-order valence-electron chi connectivity index (χ0n) is 11.0. The standard InChI is InChI=1S/3C4H6O2.Al/c3*1-2-3-4(5)6;/h3*2-3H,1H3,(H,5,6);/q;;;+3/p-3. The third-order valence-electron chi connectivity index (χ3n) is 0.908. The quantitative estimate of drug-likeness (QED) is 0.418. The van der Waals surface area contributed by atoms with Crippen molar-refractivity contribution in [2.45, 2.75) is 20.8 Å². The summed E-state index contributed by atoms with van der Waals surface area (Å²) in [5.41, 5.74) is 0. The fourth-order valence-electron chi connectivity index (χ4n) is 0.408. The van der Waals surface area contributed by atoms with Crippen LogP contribution in [0.4, 0.5) is 0 Å². The number of rotatable bonds is 3. The summed E-state index contributed by atoms with van der Waals surface area (Å²) in [7, 11) is 0. The first-order valence-corrected chi connectivity index (χ1v) is 4.82. The number of hydrogen-bond donors (Lipinski definition) is 0. The number of carboxylic acids is 3. The summed E-state index contributed by atoms with van der Waals surface area (Å²) in [4.78, 5) is 28.2. The first-order valence-electron chi connectivity index (χ1n) is 4.82. The molecule has 19 heavy (non-hydrogen) atoms. The maximum absolute atomic E-state index is 9.40. The average molecular weight is 282 g/mol. The van der Waals surface area contributed by atoms with Gasteiger partial charge in [0.2, 0.25) is 0 Å². The smallest absolute Gasteiger partial charge is 0.545 e.